The van der Waals surface area contributed by atoms with E-state index >= 15 is 0 Å². The van der Waals surface area contributed by atoms with Gasteiger partial charge >= 0.3 is 0 Å². The SMILES string of the molecule is CCOc1cc([C@H]2/C(=C(\O)c3ccc(S(=O)(=O)N(C)C)cc3)C(=O)C(=O)N2CCOC)ccc1O. The highest BCUT2D eigenvalue weighted by Crippen LogP contribution is 2.41. The van der Waals surface area contributed by atoms with E-state index in [4.69, 9.17) is 9.47 Å². The third-order valence-corrected chi connectivity index (χ3v) is 7.41. The van der Waals surface area contributed by atoms with Crippen LogP contribution in [0.3, 0.4) is 0 Å². The lowest BCUT2D eigenvalue weighted by Crippen LogP contribution is -2.32. The van der Waals surface area contributed by atoms with E-state index in [9.17, 15) is 28.2 Å². The standard InChI is InChI=1S/C24H28N2O8S/c1-5-34-19-14-16(8-11-18(19)27)21-20(23(29)24(30)26(21)12-13-33-4)22(28)15-6-9-17(10-7-15)35(31,32)25(2)3/h6-11,14,21,27-28H,5,12-13H2,1-4H3/b22-20+/t21-/m0/s1. The fourth-order valence-electron chi connectivity index (χ4n) is 3.77. The number of amides is 1. The van der Waals surface area contributed by atoms with Crippen molar-refractivity contribution in [3.05, 3.63) is 59.2 Å². The minimum Gasteiger partial charge on any atom is -0.507 e. The molecular weight excluding hydrogens is 476 g/mol. The Bertz CT molecular complexity index is 1250. The molecule has 1 aliphatic rings. The Kier molecular flexibility index (Phi) is 7.83. The first kappa shape index (κ1) is 26.2. The van der Waals surface area contributed by atoms with Crippen LogP contribution in [0.25, 0.3) is 5.76 Å². The van der Waals surface area contributed by atoms with Gasteiger partial charge in [-0.3, -0.25) is 9.59 Å². The molecule has 10 nitrogen and oxygen atoms in total. The first-order chi connectivity index (χ1) is 16.5. The van der Waals surface area contributed by atoms with Gasteiger partial charge in [0.1, 0.15) is 5.76 Å². The zero-order valence-electron chi connectivity index (χ0n) is 19.9. The average Bonchev–Trinajstić information content (AvgIpc) is 3.08. The molecule has 3 rings (SSSR count). The van der Waals surface area contributed by atoms with Gasteiger partial charge in [-0.05, 0) is 48.9 Å². The molecule has 2 N–H and O–H groups in total. The van der Waals surface area contributed by atoms with Gasteiger partial charge in [-0.2, -0.15) is 0 Å². The van der Waals surface area contributed by atoms with Crippen LogP contribution in [-0.2, 0) is 24.3 Å². The van der Waals surface area contributed by atoms with E-state index in [1.165, 1.54) is 68.6 Å². The molecule has 0 bridgehead atoms. The highest BCUT2D eigenvalue weighted by atomic mass is 32.2. The lowest BCUT2D eigenvalue weighted by atomic mass is 9.95. The van der Waals surface area contributed by atoms with Crippen molar-refractivity contribution in [2.45, 2.75) is 17.9 Å². The molecule has 0 aliphatic carbocycles. The quantitative estimate of drug-likeness (QED) is 0.301. The van der Waals surface area contributed by atoms with Crippen LogP contribution < -0.4 is 4.74 Å². The second-order valence-electron chi connectivity index (χ2n) is 7.96. The molecule has 0 spiro atoms. The van der Waals surface area contributed by atoms with E-state index < -0.39 is 33.5 Å². The maximum Gasteiger partial charge on any atom is 0.295 e. The zero-order valence-corrected chi connectivity index (χ0v) is 20.7. The molecule has 2 aromatic rings. The second kappa shape index (κ2) is 10.5. The molecule has 0 aromatic heterocycles. The van der Waals surface area contributed by atoms with Crippen LogP contribution in [0.2, 0.25) is 0 Å². The second-order valence-corrected chi connectivity index (χ2v) is 10.1. The predicted octanol–water partition coefficient (Wildman–Crippen LogP) is 2.11. The van der Waals surface area contributed by atoms with Gasteiger partial charge in [-0.15, -0.1) is 0 Å². The van der Waals surface area contributed by atoms with Gasteiger partial charge in [0, 0.05) is 33.3 Å². The number of rotatable bonds is 9. The van der Waals surface area contributed by atoms with Crippen LogP contribution in [0.15, 0.2) is 52.9 Å². The number of phenols is 1. The predicted molar refractivity (Wildman–Crippen MR) is 127 cm³/mol. The summed E-state index contributed by atoms with van der Waals surface area (Å²) in [5, 5.41) is 21.2. The molecule has 188 valence electrons. The van der Waals surface area contributed by atoms with Gasteiger partial charge in [-0.1, -0.05) is 6.07 Å². The van der Waals surface area contributed by atoms with Gasteiger partial charge in [0.05, 0.1) is 29.7 Å². The maximum absolute atomic E-state index is 13.0. The summed E-state index contributed by atoms with van der Waals surface area (Å²) < 4.78 is 36.3. The van der Waals surface area contributed by atoms with E-state index in [1.54, 1.807) is 6.92 Å². The van der Waals surface area contributed by atoms with E-state index in [-0.39, 0.29) is 47.3 Å². The summed E-state index contributed by atoms with van der Waals surface area (Å²) in [6, 6.07) is 8.82. The van der Waals surface area contributed by atoms with Gasteiger partial charge in [0.2, 0.25) is 10.0 Å². The van der Waals surface area contributed by atoms with Crippen LogP contribution in [0.4, 0.5) is 0 Å². The van der Waals surface area contributed by atoms with Crippen LogP contribution in [0.5, 0.6) is 11.5 Å². The Morgan fingerprint density at radius 2 is 1.77 bits per heavy atom. The van der Waals surface area contributed by atoms with Crippen LogP contribution in [0.1, 0.15) is 24.1 Å². The first-order valence-electron chi connectivity index (χ1n) is 10.8. The molecule has 1 saturated heterocycles. The number of aromatic hydroxyl groups is 1. The van der Waals surface area contributed by atoms with Crippen molar-refractivity contribution >= 4 is 27.5 Å². The molecule has 0 saturated carbocycles. The number of hydrogen-bond acceptors (Lipinski definition) is 8. The Morgan fingerprint density at radius 1 is 1.11 bits per heavy atom. The van der Waals surface area contributed by atoms with E-state index in [2.05, 4.69) is 0 Å². The van der Waals surface area contributed by atoms with Crippen molar-refractivity contribution in [1.29, 1.82) is 0 Å². The van der Waals surface area contributed by atoms with Crippen molar-refractivity contribution in [3.63, 3.8) is 0 Å². The maximum atomic E-state index is 13.0. The first-order valence-corrected chi connectivity index (χ1v) is 12.2. The number of carbonyl (C=O) groups is 2. The summed E-state index contributed by atoms with van der Waals surface area (Å²) in [6.45, 7) is 2.25. The lowest BCUT2D eigenvalue weighted by molar-refractivity contribution is -0.140. The highest BCUT2D eigenvalue weighted by Gasteiger charge is 2.46. The summed E-state index contributed by atoms with van der Waals surface area (Å²) in [7, 11) is 0.574. The van der Waals surface area contributed by atoms with E-state index in [0.29, 0.717) is 5.56 Å². The Morgan fingerprint density at radius 3 is 2.34 bits per heavy atom. The van der Waals surface area contributed by atoms with Crippen LogP contribution in [-0.4, -0.2) is 80.5 Å². The lowest BCUT2D eigenvalue weighted by Gasteiger charge is -2.25. The van der Waals surface area contributed by atoms with Crippen molar-refractivity contribution < 1.29 is 37.7 Å². The number of sulfonamides is 1. The van der Waals surface area contributed by atoms with Gasteiger partial charge < -0.3 is 24.6 Å². The number of carbonyl (C=O) groups excluding carboxylic acids is 2. The number of phenolic OH excluding ortho intramolecular Hbond substituents is 1. The molecule has 0 radical (unpaired) electrons. The normalized spacial score (nSPS) is 17.9. The highest BCUT2D eigenvalue weighted by molar-refractivity contribution is 7.89. The summed E-state index contributed by atoms with van der Waals surface area (Å²) >= 11 is 0. The summed E-state index contributed by atoms with van der Waals surface area (Å²) in [4.78, 5) is 27.2. The number of hydrogen-bond donors (Lipinski definition) is 2. The van der Waals surface area contributed by atoms with E-state index in [0.717, 1.165) is 4.31 Å². The van der Waals surface area contributed by atoms with Gasteiger partial charge in [0.15, 0.2) is 11.5 Å². The Balaban J connectivity index is 2.15. The third kappa shape index (κ3) is 5.02. The summed E-state index contributed by atoms with van der Waals surface area (Å²) in [5.74, 6) is -2.10. The number of nitrogens with zero attached hydrogens (tertiary/aromatic N) is 2. The number of aliphatic hydroxyl groups is 1. The van der Waals surface area contributed by atoms with Crippen molar-refractivity contribution in [2.24, 2.45) is 0 Å². The molecule has 1 heterocycles. The molecule has 1 aliphatic heterocycles. The fraction of sp³-hybridized carbons (Fsp3) is 0.333. The monoisotopic (exact) mass is 504 g/mol. The molecule has 2 aromatic carbocycles. The average molecular weight is 505 g/mol. The van der Waals surface area contributed by atoms with Gasteiger partial charge in [0.25, 0.3) is 11.7 Å². The van der Waals surface area contributed by atoms with Crippen LogP contribution >= 0.6 is 0 Å². The molecule has 1 atom stereocenters. The molecule has 11 heteroatoms. The number of ether oxygens (including phenoxy) is 2. The number of ketones is 1. The van der Waals surface area contributed by atoms with E-state index in [1.807, 2.05) is 0 Å². The Hall–Kier alpha value is -3.41. The summed E-state index contributed by atoms with van der Waals surface area (Å²) in [6.07, 6.45) is 0. The minimum atomic E-state index is -3.69. The van der Waals surface area contributed by atoms with Gasteiger partial charge in [-0.25, -0.2) is 12.7 Å². The number of Topliss-reactive ketones (excluding diaryl/α,β-unsaturated/α-hetero) is 1. The van der Waals surface area contributed by atoms with Crippen molar-refractivity contribution in [3.8, 4) is 11.5 Å². The van der Waals surface area contributed by atoms with Crippen LogP contribution in [0, 0.1) is 0 Å². The van der Waals surface area contributed by atoms with Crippen molar-refractivity contribution in [2.75, 3.05) is 41.0 Å². The molecule has 35 heavy (non-hydrogen) atoms. The molecule has 1 amide bonds. The largest absolute Gasteiger partial charge is 0.507 e. The number of methoxy groups -OCH3 is 1. The fourth-order valence-corrected chi connectivity index (χ4v) is 4.67. The number of aliphatic hydroxyl groups excluding tert-OH is 1. The zero-order chi connectivity index (χ0) is 25.9. The Labute approximate surface area is 204 Å². The molecular formula is C24H28N2O8S. The summed E-state index contributed by atoms with van der Waals surface area (Å²) in [5.41, 5.74) is 0.443. The molecule has 1 fully saturated rings. The molecule has 0 unspecified atom stereocenters. The third-order valence-electron chi connectivity index (χ3n) is 5.58. The number of benzene rings is 2. The van der Waals surface area contributed by atoms with Crippen molar-refractivity contribution in [1.82, 2.24) is 9.21 Å². The smallest absolute Gasteiger partial charge is 0.295 e. The minimum absolute atomic E-state index is 0.0102. The number of likely N-dealkylation sites (tertiary alicyclic amines) is 1. The topological polar surface area (TPSA) is 134 Å².